The van der Waals surface area contributed by atoms with Crippen LogP contribution in [-0.2, 0) is 0 Å². The average Bonchev–Trinajstić information content (AvgIpc) is 2.32. The summed E-state index contributed by atoms with van der Waals surface area (Å²) in [6.07, 6.45) is 1.52. The zero-order valence-corrected chi connectivity index (χ0v) is 10.3. The molecule has 0 saturated heterocycles. The lowest BCUT2D eigenvalue weighted by atomic mass is 10.1. The predicted octanol–water partition coefficient (Wildman–Crippen LogP) is 1.59. The Morgan fingerprint density at radius 1 is 1.24 bits per heavy atom. The van der Waals surface area contributed by atoms with Gasteiger partial charge in [-0.3, -0.25) is 4.79 Å². The highest BCUT2D eigenvalue weighted by atomic mass is 79.9. The van der Waals surface area contributed by atoms with Crippen LogP contribution in [0.15, 0.2) is 35.1 Å². The maximum Gasteiger partial charge on any atom is 0.248 e. The fourth-order valence-corrected chi connectivity index (χ4v) is 1.66. The third-order valence-corrected chi connectivity index (χ3v) is 2.60. The van der Waals surface area contributed by atoms with Crippen molar-refractivity contribution in [2.75, 3.05) is 5.73 Å². The third-order valence-electron chi connectivity index (χ3n) is 2.21. The summed E-state index contributed by atoms with van der Waals surface area (Å²) in [5, 5.41) is 0. The number of nitrogens with zero attached hydrogens (tertiary/aromatic N) is 2. The number of rotatable bonds is 2. The minimum absolute atomic E-state index is 0.333. The summed E-state index contributed by atoms with van der Waals surface area (Å²) in [5.41, 5.74) is 12.7. The van der Waals surface area contributed by atoms with E-state index in [0.717, 1.165) is 5.56 Å². The molecule has 0 bridgehead atoms. The van der Waals surface area contributed by atoms with Gasteiger partial charge in [0.05, 0.1) is 6.20 Å². The van der Waals surface area contributed by atoms with Crippen molar-refractivity contribution in [1.29, 1.82) is 0 Å². The summed E-state index contributed by atoms with van der Waals surface area (Å²) < 4.78 is 0.598. The van der Waals surface area contributed by atoms with Crippen molar-refractivity contribution in [1.82, 2.24) is 9.97 Å². The van der Waals surface area contributed by atoms with Gasteiger partial charge in [-0.05, 0) is 28.1 Å². The third kappa shape index (κ3) is 2.42. The molecule has 5 nitrogen and oxygen atoms in total. The number of carbonyl (C=O) groups is 1. The van der Waals surface area contributed by atoms with E-state index in [4.69, 9.17) is 11.5 Å². The van der Waals surface area contributed by atoms with Gasteiger partial charge in [0.1, 0.15) is 16.1 Å². The maximum atomic E-state index is 10.9. The first-order valence-corrected chi connectivity index (χ1v) is 5.55. The molecule has 1 amide bonds. The summed E-state index contributed by atoms with van der Waals surface area (Å²) in [4.78, 5) is 19.2. The van der Waals surface area contributed by atoms with Crippen molar-refractivity contribution in [2.45, 2.75) is 0 Å². The first-order chi connectivity index (χ1) is 8.08. The first-order valence-electron chi connectivity index (χ1n) is 4.76. The van der Waals surface area contributed by atoms with Gasteiger partial charge >= 0.3 is 0 Å². The summed E-state index contributed by atoms with van der Waals surface area (Å²) in [7, 11) is 0. The number of anilines is 1. The summed E-state index contributed by atoms with van der Waals surface area (Å²) in [6.45, 7) is 0. The summed E-state index contributed by atoms with van der Waals surface area (Å²) >= 11 is 3.23. The van der Waals surface area contributed by atoms with Crippen molar-refractivity contribution in [3.63, 3.8) is 0 Å². The molecule has 1 heterocycles. The van der Waals surface area contributed by atoms with Gasteiger partial charge in [-0.2, -0.15) is 0 Å². The SMILES string of the molecule is NC(=O)c1ccc(-c2nc(Br)cnc2N)cc1. The van der Waals surface area contributed by atoms with Gasteiger partial charge in [-0.1, -0.05) is 12.1 Å². The molecule has 6 heteroatoms. The van der Waals surface area contributed by atoms with Crippen LogP contribution in [0, 0.1) is 0 Å². The predicted molar refractivity (Wildman–Crippen MR) is 68.1 cm³/mol. The van der Waals surface area contributed by atoms with Crippen LogP contribution < -0.4 is 11.5 Å². The number of amides is 1. The monoisotopic (exact) mass is 292 g/mol. The molecular formula is C11H9BrN4O. The molecule has 0 saturated carbocycles. The van der Waals surface area contributed by atoms with Crippen LogP contribution >= 0.6 is 15.9 Å². The number of primary amides is 1. The van der Waals surface area contributed by atoms with E-state index in [1.54, 1.807) is 24.3 Å². The highest BCUT2D eigenvalue weighted by molar-refractivity contribution is 9.10. The van der Waals surface area contributed by atoms with Gasteiger partial charge in [0.25, 0.3) is 0 Å². The molecule has 0 aliphatic rings. The molecular weight excluding hydrogens is 284 g/mol. The zero-order chi connectivity index (χ0) is 12.4. The van der Waals surface area contributed by atoms with Gasteiger partial charge in [0.2, 0.25) is 5.91 Å². The van der Waals surface area contributed by atoms with Gasteiger partial charge in [0.15, 0.2) is 0 Å². The number of halogens is 1. The number of nitrogens with two attached hydrogens (primary N) is 2. The smallest absolute Gasteiger partial charge is 0.248 e. The number of aromatic nitrogens is 2. The molecule has 4 N–H and O–H groups in total. The van der Waals surface area contributed by atoms with Crippen LogP contribution in [0.1, 0.15) is 10.4 Å². The molecule has 0 radical (unpaired) electrons. The quantitative estimate of drug-likeness (QED) is 0.879. The number of benzene rings is 1. The molecule has 86 valence electrons. The summed E-state index contributed by atoms with van der Waals surface area (Å²) in [5.74, 6) is -0.134. The second kappa shape index (κ2) is 4.50. The van der Waals surface area contributed by atoms with Crippen molar-refractivity contribution < 1.29 is 4.79 Å². The van der Waals surface area contributed by atoms with Crippen molar-refractivity contribution >= 4 is 27.7 Å². The normalized spacial score (nSPS) is 10.2. The molecule has 0 unspecified atom stereocenters. The Hall–Kier alpha value is -1.95. The Morgan fingerprint density at radius 2 is 1.88 bits per heavy atom. The van der Waals surface area contributed by atoms with Crippen LogP contribution in [0.2, 0.25) is 0 Å². The van der Waals surface area contributed by atoms with E-state index in [9.17, 15) is 4.79 Å². The average molecular weight is 293 g/mol. The van der Waals surface area contributed by atoms with Gasteiger partial charge in [-0.25, -0.2) is 9.97 Å². The van der Waals surface area contributed by atoms with Crippen molar-refractivity contribution in [3.05, 3.63) is 40.6 Å². The molecule has 0 fully saturated rings. The zero-order valence-electron chi connectivity index (χ0n) is 8.72. The summed E-state index contributed by atoms with van der Waals surface area (Å²) in [6, 6.07) is 6.71. The van der Waals surface area contributed by atoms with E-state index in [0.29, 0.717) is 21.7 Å². The van der Waals surface area contributed by atoms with Gasteiger partial charge in [-0.15, -0.1) is 0 Å². The Kier molecular flexibility index (Phi) is 3.06. The lowest BCUT2D eigenvalue weighted by Crippen LogP contribution is -2.10. The van der Waals surface area contributed by atoms with Crippen molar-refractivity contribution in [3.8, 4) is 11.3 Å². The molecule has 0 spiro atoms. The topological polar surface area (TPSA) is 94.9 Å². The standard InChI is InChI=1S/C11H9BrN4O/c12-8-5-15-10(13)9(16-8)6-1-3-7(4-2-6)11(14)17/h1-5H,(H2,13,15)(H2,14,17). The molecule has 2 rings (SSSR count). The fourth-order valence-electron chi connectivity index (χ4n) is 1.38. The largest absolute Gasteiger partial charge is 0.382 e. The highest BCUT2D eigenvalue weighted by Gasteiger charge is 2.07. The Labute approximate surface area is 106 Å². The number of hydrogen-bond donors (Lipinski definition) is 2. The van der Waals surface area contributed by atoms with E-state index >= 15 is 0 Å². The first kappa shape index (κ1) is 11.5. The molecule has 1 aromatic carbocycles. The minimum Gasteiger partial charge on any atom is -0.382 e. The molecule has 17 heavy (non-hydrogen) atoms. The molecule has 0 aliphatic heterocycles. The number of nitrogen functional groups attached to an aromatic ring is 1. The Bertz CT molecular complexity index is 568. The van der Waals surface area contributed by atoms with Gasteiger partial charge in [0, 0.05) is 11.1 Å². The Balaban J connectivity index is 2.46. The van der Waals surface area contributed by atoms with Crippen LogP contribution in [0.4, 0.5) is 5.82 Å². The Morgan fingerprint density at radius 3 is 2.47 bits per heavy atom. The second-order valence-electron chi connectivity index (χ2n) is 3.37. The van der Waals surface area contributed by atoms with E-state index in [2.05, 4.69) is 25.9 Å². The van der Waals surface area contributed by atoms with E-state index in [-0.39, 0.29) is 0 Å². The van der Waals surface area contributed by atoms with Crippen LogP contribution in [0.25, 0.3) is 11.3 Å². The van der Waals surface area contributed by atoms with E-state index in [1.165, 1.54) is 6.20 Å². The van der Waals surface area contributed by atoms with Crippen LogP contribution in [-0.4, -0.2) is 15.9 Å². The number of hydrogen-bond acceptors (Lipinski definition) is 4. The van der Waals surface area contributed by atoms with Crippen LogP contribution in [0.5, 0.6) is 0 Å². The maximum absolute atomic E-state index is 10.9. The lowest BCUT2D eigenvalue weighted by Gasteiger charge is -2.04. The van der Waals surface area contributed by atoms with Crippen LogP contribution in [0.3, 0.4) is 0 Å². The highest BCUT2D eigenvalue weighted by Crippen LogP contribution is 2.23. The fraction of sp³-hybridized carbons (Fsp3) is 0. The molecule has 2 aromatic rings. The second-order valence-corrected chi connectivity index (χ2v) is 4.18. The van der Waals surface area contributed by atoms with E-state index < -0.39 is 5.91 Å². The van der Waals surface area contributed by atoms with Gasteiger partial charge < -0.3 is 11.5 Å². The number of carbonyl (C=O) groups excluding carboxylic acids is 1. The minimum atomic E-state index is -0.468. The van der Waals surface area contributed by atoms with E-state index in [1.807, 2.05) is 0 Å². The van der Waals surface area contributed by atoms with Crippen molar-refractivity contribution in [2.24, 2.45) is 5.73 Å². The molecule has 1 aromatic heterocycles. The lowest BCUT2D eigenvalue weighted by molar-refractivity contribution is 0.100. The molecule has 0 atom stereocenters. The molecule has 0 aliphatic carbocycles.